The van der Waals surface area contributed by atoms with Crippen molar-refractivity contribution in [1.82, 2.24) is 20.9 Å². The first-order valence-electron chi connectivity index (χ1n) is 8.39. The summed E-state index contributed by atoms with van der Waals surface area (Å²) in [6.07, 6.45) is 0. The number of carboxylic acid groups (broad SMARTS) is 1. The molecule has 1 heterocycles. The summed E-state index contributed by atoms with van der Waals surface area (Å²) in [6.45, 7) is 7.82. The molecule has 0 amide bonds. The highest BCUT2D eigenvalue weighted by atomic mass is 16.4. The fourth-order valence-electron chi connectivity index (χ4n) is 2.77. The highest BCUT2D eigenvalue weighted by Gasteiger charge is 2.22. The van der Waals surface area contributed by atoms with Gasteiger partial charge in [-0.05, 0) is 5.56 Å². The van der Waals surface area contributed by atoms with Crippen molar-refractivity contribution in [2.75, 3.05) is 58.9 Å². The van der Waals surface area contributed by atoms with Gasteiger partial charge in [-0.3, -0.25) is 9.69 Å². The van der Waals surface area contributed by atoms with Crippen molar-refractivity contribution in [1.29, 1.82) is 0 Å². The Morgan fingerprint density at radius 2 is 1.48 bits per heavy atom. The maximum absolute atomic E-state index is 11.7. The number of benzene rings is 1. The zero-order valence-electron chi connectivity index (χ0n) is 13.6. The van der Waals surface area contributed by atoms with E-state index in [4.69, 9.17) is 0 Å². The first-order chi connectivity index (χ1) is 11.3. The second kappa shape index (κ2) is 10.3. The fourth-order valence-corrected chi connectivity index (χ4v) is 2.77. The zero-order chi connectivity index (χ0) is 16.3. The molecule has 0 aromatic heterocycles. The van der Waals surface area contributed by atoms with Crippen molar-refractivity contribution in [2.45, 2.75) is 5.92 Å². The Kier molecular flexibility index (Phi) is 8.03. The number of carbonyl (C=O) groups is 1. The summed E-state index contributed by atoms with van der Waals surface area (Å²) in [6, 6.07) is 9.52. The molecule has 1 aromatic rings. The third kappa shape index (κ3) is 6.66. The van der Waals surface area contributed by atoms with Crippen LogP contribution in [-0.4, -0.2) is 74.9 Å². The lowest BCUT2D eigenvalue weighted by atomic mass is 9.98. The summed E-state index contributed by atoms with van der Waals surface area (Å²) in [4.78, 5) is 13.9. The van der Waals surface area contributed by atoms with Crippen LogP contribution in [0.3, 0.4) is 0 Å². The molecular weight excluding hydrogens is 292 g/mol. The second-order valence-corrected chi connectivity index (χ2v) is 5.85. The van der Waals surface area contributed by atoms with E-state index < -0.39 is 11.9 Å². The van der Waals surface area contributed by atoms with Crippen molar-refractivity contribution >= 4 is 5.97 Å². The molecule has 0 spiro atoms. The fraction of sp³-hybridized carbons (Fsp3) is 0.588. The van der Waals surface area contributed by atoms with Crippen molar-refractivity contribution in [3.8, 4) is 0 Å². The number of rotatable bonds is 4. The van der Waals surface area contributed by atoms with Gasteiger partial charge in [-0.1, -0.05) is 30.3 Å². The Labute approximate surface area is 138 Å². The Morgan fingerprint density at radius 3 is 2.00 bits per heavy atom. The lowest BCUT2D eigenvalue weighted by Gasteiger charge is -2.26. The van der Waals surface area contributed by atoms with Gasteiger partial charge in [0.2, 0.25) is 0 Å². The van der Waals surface area contributed by atoms with Gasteiger partial charge in [0.15, 0.2) is 0 Å². The molecule has 1 saturated heterocycles. The number of nitrogens with one attached hydrogen (secondary N) is 3. The molecule has 1 fully saturated rings. The van der Waals surface area contributed by atoms with Gasteiger partial charge in [-0.25, -0.2) is 0 Å². The quantitative estimate of drug-likeness (QED) is 0.623. The minimum atomic E-state index is -0.757. The van der Waals surface area contributed by atoms with E-state index in [0.29, 0.717) is 6.54 Å². The number of nitrogens with zero attached hydrogens (tertiary/aromatic N) is 1. The molecule has 4 N–H and O–H groups in total. The van der Waals surface area contributed by atoms with Crippen molar-refractivity contribution in [3.05, 3.63) is 35.9 Å². The largest absolute Gasteiger partial charge is 0.481 e. The van der Waals surface area contributed by atoms with Crippen LogP contribution in [0.2, 0.25) is 0 Å². The van der Waals surface area contributed by atoms with Gasteiger partial charge in [0.1, 0.15) is 0 Å². The third-order valence-electron chi connectivity index (χ3n) is 4.11. The van der Waals surface area contributed by atoms with Gasteiger partial charge >= 0.3 is 5.97 Å². The molecule has 0 aliphatic carbocycles. The normalized spacial score (nSPS) is 20.2. The van der Waals surface area contributed by atoms with Crippen LogP contribution in [0.1, 0.15) is 11.5 Å². The smallest absolute Gasteiger partial charge is 0.312 e. The van der Waals surface area contributed by atoms with Crippen molar-refractivity contribution in [2.24, 2.45) is 0 Å². The van der Waals surface area contributed by atoms with Crippen LogP contribution in [0.4, 0.5) is 0 Å². The van der Waals surface area contributed by atoms with Gasteiger partial charge < -0.3 is 21.1 Å². The second-order valence-electron chi connectivity index (χ2n) is 5.85. The van der Waals surface area contributed by atoms with Gasteiger partial charge in [-0.15, -0.1) is 0 Å². The molecule has 0 bridgehead atoms. The lowest BCUT2D eigenvalue weighted by Crippen LogP contribution is -2.43. The minimum absolute atomic E-state index is 0.481. The van der Waals surface area contributed by atoms with E-state index in [1.54, 1.807) is 0 Å². The number of hydrogen-bond donors (Lipinski definition) is 4. The zero-order valence-corrected chi connectivity index (χ0v) is 13.6. The third-order valence-corrected chi connectivity index (χ3v) is 4.11. The van der Waals surface area contributed by atoms with Crippen LogP contribution in [-0.2, 0) is 4.79 Å². The number of carboxylic acids is 1. The topological polar surface area (TPSA) is 76.6 Å². The SMILES string of the molecule is O=C(O)C(CN1CCNCCNCCNCC1)c1ccccc1. The van der Waals surface area contributed by atoms with Gasteiger partial charge in [0, 0.05) is 58.9 Å². The molecule has 23 heavy (non-hydrogen) atoms. The first-order valence-corrected chi connectivity index (χ1v) is 8.39. The highest BCUT2D eigenvalue weighted by Crippen LogP contribution is 2.17. The van der Waals surface area contributed by atoms with E-state index in [2.05, 4.69) is 20.9 Å². The summed E-state index contributed by atoms with van der Waals surface area (Å²) >= 11 is 0. The first kappa shape index (κ1) is 17.9. The average Bonchev–Trinajstić information content (AvgIpc) is 2.55. The Balaban J connectivity index is 1.95. The lowest BCUT2D eigenvalue weighted by molar-refractivity contribution is -0.139. The molecule has 1 aliphatic heterocycles. The van der Waals surface area contributed by atoms with Crippen LogP contribution >= 0.6 is 0 Å². The standard InChI is InChI=1S/C17H28N4O2/c22-17(23)16(15-4-2-1-3-5-15)14-21-12-10-19-8-6-18-7-9-20-11-13-21/h1-5,16,18-20H,6-14H2,(H,22,23). The molecule has 1 unspecified atom stereocenters. The van der Waals surface area contributed by atoms with E-state index in [-0.39, 0.29) is 0 Å². The maximum atomic E-state index is 11.7. The molecular formula is C17H28N4O2. The van der Waals surface area contributed by atoms with Gasteiger partial charge in [0.25, 0.3) is 0 Å². The Morgan fingerprint density at radius 1 is 0.957 bits per heavy atom. The van der Waals surface area contributed by atoms with E-state index in [0.717, 1.165) is 57.9 Å². The number of hydrogen-bond acceptors (Lipinski definition) is 5. The Hall–Kier alpha value is -1.47. The summed E-state index contributed by atoms with van der Waals surface area (Å²) in [5.74, 6) is -1.24. The summed E-state index contributed by atoms with van der Waals surface area (Å²) in [7, 11) is 0. The molecule has 0 saturated carbocycles. The molecule has 1 atom stereocenters. The molecule has 1 aromatic carbocycles. The molecule has 128 valence electrons. The monoisotopic (exact) mass is 320 g/mol. The molecule has 6 heteroatoms. The maximum Gasteiger partial charge on any atom is 0.312 e. The molecule has 1 aliphatic rings. The van der Waals surface area contributed by atoms with Crippen LogP contribution in [0.5, 0.6) is 0 Å². The molecule has 6 nitrogen and oxygen atoms in total. The highest BCUT2D eigenvalue weighted by molar-refractivity contribution is 5.76. The van der Waals surface area contributed by atoms with Crippen LogP contribution in [0, 0.1) is 0 Å². The van der Waals surface area contributed by atoms with E-state index in [1.807, 2.05) is 30.3 Å². The average molecular weight is 320 g/mol. The predicted molar refractivity (Wildman–Crippen MR) is 91.9 cm³/mol. The molecule has 0 radical (unpaired) electrons. The van der Waals surface area contributed by atoms with Gasteiger partial charge in [-0.2, -0.15) is 0 Å². The van der Waals surface area contributed by atoms with Gasteiger partial charge in [0.05, 0.1) is 5.92 Å². The van der Waals surface area contributed by atoms with Crippen molar-refractivity contribution in [3.63, 3.8) is 0 Å². The summed E-state index contributed by atoms with van der Waals surface area (Å²) in [5.41, 5.74) is 0.872. The summed E-state index contributed by atoms with van der Waals surface area (Å²) < 4.78 is 0. The van der Waals surface area contributed by atoms with E-state index in [9.17, 15) is 9.90 Å². The predicted octanol–water partition coefficient (Wildman–Crippen LogP) is -0.0608. The van der Waals surface area contributed by atoms with E-state index in [1.165, 1.54) is 0 Å². The van der Waals surface area contributed by atoms with Crippen molar-refractivity contribution < 1.29 is 9.90 Å². The van der Waals surface area contributed by atoms with Crippen LogP contribution in [0.15, 0.2) is 30.3 Å². The minimum Gasteiger partial charge on any atom is -0.481 e. The van der Waals surface area contributed by atoms with Crippen LogP contribution in [0.25, 0.3) is 0 Å². The van der Waals surface area contributed by atoms with E-state index >= 15 is 0 Å². The number of aliphatic carboxylic acids is 1. The summed E-state index contributed by atoms with van der Waals surface area (Å²) in [5, 5.41) is 19.8. The Bertz CT molecular complexity index is 443. The molecule has 2 rings (SSSR count). The van der Waals surface area contributed by atoms with Crippen LogP contribution < -0.4 is 16.0 Å².